The SMILES string of the molecule is CC(C)SCC1=C[C@@H]2[C@H](C1=O)[C@H]1C=C[C@@H]2C1. The fraction of sp³-hybridized carbons (Fsp3) is 0.643. The highest BCUT2D eigenvalue weighted by Crippen LogP contribution is 2.53. The van der Waals surface area contributed by atoms with Gasteiger partial charge < -0.3 is 0 Å². The Labute approximate surface area is 101 Å². The minimum atomic E-state index is 0.317. The predicted molar refractivity (Wildman–Crippen MR) is 68.4 cm³/mol. The van der Waals surface area contributed by atoms with Gasteiger partial charge in [0.1, 0.15) is 0 Å². The number of ketones is 1. The first kappa shape index (κ1) is 10.6. The highest BCUT2D eigenvalue weighted by Gasteiger charge is 2.50. The van der Waals surface area contributed by atoms with Crippen molar-refractivity contribution in [3.63, 3.8) is 0 Å². The van der Waals surface area contributed by atoms with E-state index in [2.05, 4.69) is 32.1 Å². The lowest BCUT2D eigenvalue weighted by Crippen LogP contribution is -2.21. The van der Waals surface area contributed by atoms with Crippen LogP contribution in [0.5, 0.6) is 0 Å². The molecule has 86 valence electrons. The van der Waals surface area contributed by atoms with Crippen LogP contribution in [-0.4, -0.2) is 16.8 Å². The average molecular weight is 234 g/mol. The molecule has 0 spiro atoms. The molecule has 3 aliphatic carbocycles. The third-order valence-corrected chi connectivity index (χ3v) is 5.25. The van der Waals surface area contributed by atoms with E-state index in [0.29, 0.717) is 34.7 Å². The van der Waals surface area contributed by atoms with E-state index in [1.807, 2.05) is 11.8 Å². The minimum Gasteiger partial charge on any atom is -0.294 e. The Hall–Kier alpha value is -0.500. The molecule has 2 bridgehead atoms. The van der Waals surface area contributed by atoms with E-state index in [4.69, 9.17) is 0 Å². The fourth-order valence-corrected chi connectivity index (χ4v) is 4.11. The van der Waals surface area contributed by atoms with Gasteiger partial charge in [0.05, 0.1) is 0 Å². The predicted octanol–water partition coefficient (Wildman–Crippen LogP) is 3.08. The molecule has 4 atom stereocenters. The normalized spacial score (nSPS) is 39.7. The van der Waals surface area contributed by atoms with Crippen LogP contribution in [0.3, 0.4) is 0 Å². The fourth-order valence-electron chi connectivity index (χ4n) is 3.36. The van der Waals surface area contributed by atoms with Gasteiger partial charge in [-0.3, -0.25) is 4.79 Å². The quantitative estimate of drug-likeness (QED) is 0.698. The summed E-state index contributed by atoms with van der Waals surface area (Å²) in [7, 11) is 0. The molecule has 16 heavy (non-hydrogen) atoms. The van der Waals surface area contributed by atoms with Crippen molar-refractivity contribution >= 4 is 17.5 Å². The van der Waals surface area contributed by atoms with Gasteiger partial charge in [-0.1, -0.05) is 32.1 Å². The zero-order chi connectivity index (χ0) is 11.3. The zero-order valence-electron chi connectivity index (χ0n) is 9.85. The highest BCUT2D eigenvalue weighted by molar-refractivity contribution is 8.00. The lowest BCUT2D eigenvalue weighted by molar-refractivity contribution is -0.119. The number of Topliss-reactive ketones (excluding diaryl/α,β-unsaturated/α-hetero) is 1. The molecule has 0 aromatic carbocycles. The molecule has 0 unspecified atom stereocenters. The molecule has 0 saturated heterocycles. The van der Waals surface area contributed by atoms with Crippen LogP contribution in [0, 0.1) is 23.7 Å². The molecule has 0 radical (unpaired) electrons. The van der Waals surface area contributed by atoms with Crippen LogP contribution in [0.15, 0.2) is 23.8 Å². The Balaban J connectivity index is 1.75. The number of thioether (sulfide) groups is 1. The second-order valence-electron chi connectivity index (χ2n) is 5.47. The first-order chi connectivity index (χ1) is 7.66. The van der Waals surface area contributed by atoms with Gasteiger partial charge >= 0.3 is 0 Å². The summed E-state index contributed by atoms with van der Waals surface area (Å²) in [4.78, 5) is 12.3. The standard InChI is InChI=1S/C14H18OS/c1-8(2)16-7-11-6-12-9-3-4-10(5-9)13(12)14(11)15/h3-4,6,8-10,12-13H,5,7H2,1-2H3/t9-,10+,12+,13-/m1/s1. The summed E-state index contributed by atoms with van der Waals surface area (Å²) in [6.07, 6.45) is 8.11. The van der Waals surface area contributed by atoms with Crippen molar-refractivity contribution in [2.75, 3.05) is 5.75 Å². The number of hydrogen-bond acceptors (Lipinski definition) is 2. The van der Waals surface area contributed by atoms with Crippen LogP contribution in [0.2, 0.25) is 0 Å². The molecule has 0 aromatic rings. The molecule has 3 rings (SSSR count). The Morgan fingerprint density at radius 2 is 2.12 bits per heavy atom. The van der Waals surface area contributed by atoms with E-state index in [9.17, 15) is 4.79 Å². The van der Waals surface area contributed by atoms with Gasteiger partial charge in [-0.25, -0.2) is 0 Å². The van der Waals surface area contributed by atoms with Gasteiger partial charge in [0.2, 0.25) is 0 Å². The number of hydrogen-bond donors (Lipinski definition) is 0. The van der Waals surface area contributed by atoms with E-state index in [1.54, 1.807) is 0 Å². The van der Waals surface area contributed by atoms with Crippen molar-refractivity contribution in [1.82, 2.24) is 0 Å². The summed E-state index contributed by atoms with van der Waals surface area (Å²) in [5.74, 6) is 3.46. The monoisotopic (exact) mass is 234 g/mol. The molecule has 0 aromatic heterocycles. The first-order valence-corrected chi connectivity index (χ1v) is 7.26. The van der Waals surface area contributed by atoms with Gasteiger partial charge in [0.15, 0.2) is 5.78 Å². The first-order valence-electron chi connectivity index (χ1n) is 6.21. The number of fused-ring (bicyclic) bond motifs is 5. The number of allylic oxidation sites excluding steroid dienone is 3. The molecular formula is C14H18OS. The summed E-state index contributed by atoms with van der Waals surface area (Å²) in [6.45, 7) is 4.38. The molecule has 0 amide bonds. The summed E-state index contributed by atoms with van der Waals surface area (Å²) >= 11 is 1.88. The summed E-state index contributed by atoms with van der Waals surface area (Å²) in [5, 5.41) is 0.615. The third-order valence-electron chi connectivity index (χ3n) is 4.11. The van der Waals surface area contributed by atoms with Crippen molar-refractivity contribution in [1.29, 1.82) is 0 Å². The van der Waals surface area contributed by atoms with Crippen molar-refractivity contribution < 1.29 is 4.79 Å². The molecule has 0 heterocycles. The van der Waals surface area contributed by atoms with Crippen LogP contribution in [0.25, 0.3) is 0 Å². The topological polar surface area (TPSA) is 17.1 Å². The van der Waals surface area contributed by atoms with Gasteiger partial charge in [0, 0.05) is 17.2 Å². The van der Waals surface area contributed by atoms with Crippen molar-refractivity contribution in [3.8, 4) is 0 Å². The van der Waals surface area contributed by atoms with Crippen LogP contribution < -0.4 is 0 Å². The maximum atomic E-state index is 12.3. The summed E-state index contributed by atoms with van der Waals surface area (Å²) in [5.41, 5.74) is 1.10. The summed E-state index contributed by atoms with van der Waals surface area (Å²) in [6, 6.07) is 0. The molecular weight excluding hydrogens is 216 g/mol. The van der Waals surface area contributed by atoms with Crippen LogP contribution in [-0.2, 0) is 4.79 Å². The van der Waals surface area contributed by atoms with E-state index >= 15 is 0 Å². The Morgan fingerprint density at radius 1 is 1.38 bits per heavy atom. The van der Waals surface area contributed by atoms with Crippen molar-refractivity contribution in [2.45, 2.75) is 25.5 Å². The molecule has 1 fully saturated rings. The molecule has 1 saturated carbocycles. The molecule has 0 aliphatic heterocycles. The molecule has 2 heteroatoms. The Bertz CT molecular complexity index is 380. The minimum absolute atomic E-state index is 0.317. The average Bonchev–Trinajstić information content (AvgIpc) is 2.88. The zero-order valence-corrected chi connectivity index (χ0v) is 10.7. The molecule has 1 nitrogen and oxygen atoms in total. The number of carbonyl (C=O) groups is 1. The lowest BCUT2D eigenvalue weighted by Gasteiger charge is -2.18. The van der Waals surface area contributed by atoms with E-state index in [1.165, 1.54) is 6.42 Å². The summed E-state index contributed by atoms with van der Waals surface area (Å²) < 4.78 is 0. The van der Waals surface area contributed by atoms with E-state index in [-0.39, 0.29) is 0 Å². The van der Waals surface area contributed by atoms with Gasteiger partial charge in [-0.15, -0.1) is 0 Å². The lowest BCUT2D eigenvalue weighted by atomic mass is 9.85. The Kier molecular flexibility index (Phi) is 2.50. The van der Waals surface area contributed by atoms with Crippen molar-refractivity contribution in [2.24, 2.45) is 23.7 Å². The number of rotatable bonds is 3. The number of carbonyl (C=O) groups excluding carboxylic acids is 1. The largest absolute Gasteiger partial charge is 0.294 e. The maximum Gasteiger partial charge on any atom is 0.163 e. The van der Waals surface area contributed by atoms with Crippen LogP contribution >= 0.6 is 11.8 Å². The van der Waals surface area contributed by atoms with E-state index < -0.39 is 0 Å². The van der Waals surface area contributed by atoms with E-state index in [0.717, 1.165) is 11.3 Å². The van der Waals surface area contributed by atoms with Crippen LogP contribution in [0.4, 0.5) is 0 Å². The smallest absolute Gasteiger partial charge is 0.163 e. The second-order valence-corrected chi connectivity index (χ2v) is 7.03. The highest BCUT2D eigenvalue weighted by atomic mass is 32.2. The molecule has 3 aliphatic rings. The van der Waals surface area contributed by atoms with Gasteiger partial charge in [-0.05, 0) is 29.4 Å². The molecule has 0 N–H and O–H groups in total. The third kappa shape index (κ3) is 1.50. The van der Waals surface area contributed by atoms with Crippen LogP contribution in [0.1, 0.15) is 20.3 Å². The second kappa shape index (κ2) is 3.76. The maximum absolute atomic E-state index is 12.3. The Morgan fingerprint density at radius 3 is 2.81 bits per heavy atom. The van der Waals surface area contributed by atoms with Gasteiger partial charge in [0.25, 0.3) is 0 Å². The van der Waals surface area contributed by atoms with Crippen molar-refractivity contribution in [3.05, 3.63) is 23.8 Å². The van der Waals surface area contributed by atoms with Gasteiger partial charge in [-0.2, -0.15) is 11.8 Å².